The molecule has 1 aromatic heterocycles. The Morgan fingerprint density at radius 1 is 1.25 bits per heavy atom. The molecule has 0 aliphatic carbocycles. The SMILES string of the molecule is CC(C)C1=CC=C[SH]1c1ccc(-c2coc(Cl)n2)cc1C(F)(F)F. The molecule has 0 spiro atoms. The van der Waals surface area contributed by atoms with Gasteiger partial charge in [-0.05, 0) is 40.0 Å². The molecule has 0 bridgehead atoms. The van der Waals surface area contributed by atoms with Gasteiger partial charge in [-0.15, -0.1) is 0 Å². The molecule has 1 aliphatic rings. The fourth-order valence-electron chi connectivity index (χ4n) is 2.60. The number of hydrogen-bond donors (Lipinski definition) is 1. The second kappa shape index (κ2) is 6.33. The highest BCUT2D eigenvalue weighted by Gasteiger charge is 2.36. The van der Waals surface area contributed by atoms with Gasteiger partial charge in [0.05, 0.1) is 5.56 Å². The zero-order valence-corrected chi connectivity index (χ0v) is 14.6. The highest BCUT2D eigenvalue weighted by Crippen LogP contribution is 2.55. The third kappa shape index (κ3) is 3.26. The van der Waals surface area contributed by atoms with E-state index >= 15 is 0 Å². The highest BCUT2D eigenvalue weighted by atomic mass is 35.5. The summed E-state index contributed by atoms with van der Waals surface area (Å²) in [6.07, 6.45) is 0.561. The summed E-state index contributed by atoms with van der Waals surface area (Å²) in [4.78, 5) is 5.23. The van der Waals surface area contributed by atoms with E-state index in [1.54, 1.807) is 12.1 Å². The number of oxazole rings is 1. The number of hydrogen-bond acceptors (Lipinski definition) is 2. The highest BCUT2D eigenvalue weighted by molar-refractivity contribution is 8.23. The van der Waals surface area contributed by atoms with Crippen LogP contribution in [0, 0.1) is 5.92 Å². The maximum Gasteiger partial charge on any atom is 0.417 e. The average molecular weight is 374 g/mol. The number of thiol groups is 1. The summed E-state index contributed by atoms with van der Waals surface area (Å²) in [5.74, 6) is 0.196. The number of aromatic nitrogens is 1. The zero-order valence-electron chi connectivity index (χ0n) is 12.9. The van der Waals surface area contributed by atoms with Gasteiger partial charge < -0.3 is 4.42 Å². The van der Waals surface area contributed by atoms with Crippen molar-refractivity contribution in [2.45, 2.75) is 24.9 Å². The van der Waals surface area contributed by atoms with Crippen molar-refractivity contribution < 1.29 is 17.6 Å². The summed E-state index contributed by atoms with van der Waals surface area (Å²) in [5.41, 5.74) is -0.0234. The molecular weight excluding hydrogens is 359 g/mol. The van der Waals surface area contributed by atoms with Crippen molar-refractivity contribution in [1.29, 1.82) is 0 Å². The fraction of sp³-hybridized carbons (Fsp3) is 0.235. The van der Waals surface area contributed by atoms with Crippen molar-refractivity contribution in [3.63, 3.8) is 0 Å². The molecule has 1 unspecified atom stereocenters. The minimum Gasteiger partial charge on any atom is -0.436 e. The third-order valence-electron chi connectivity index (χ3n) is 3.71. The van der Waals surface area contributed by atoms with Crippen molar-refractivity contribution in [1.82, 2.24) is 4.98 Å². The molecule has 1 atom stereocenters. The maximum atomic E-state index is 13.6. The molecule has 2 heterocycles. The predicted octanol–water partition coefficient (Wildman–Crippen LogP) is 6.44. The van der Waals surface area contributed by atoms with E-state index in [0.29, 0.717) is 10.5 Å². The topological polar surface area (TPSA) is 26.0 Å². The molecule has 128 valence electrons. The fourth-order valence-corrected chi connectivity index (χ4v) is 5.09. The minimum absolute atomic E-state index is 0.101. The lowest BCUT2D eigenvalue weighted by atomic mass is 10.1. The second-order valence-electron chi connectivity index (χ2n) is 5.67. The summed E-state index contributed by atoms with van der Waals surface area (Å²) in [7, 11) is -1.11. The van der Waals surface area contributed by atoms with Crippen molar-refractivity contribution >= 4 is 22.5 Å². The number of benzene rings is 1. The van der Waals surface area contributed by atoms with Crippen LogP contribution in [0.2, 0.25) is 5.35 Å². The molecule has 3 rings (SSSR count). The van der Waals surface area contributed by atoms with E-state index in [1.807, 2.05) is 31.4 Å². The minimum atomic E-state index is -4.44. The van der Waals surface area contributed by atoms with Crippen LogP contribution in [-0.2, 0) is 6.18 Å². The first kappa shape index (κ1) is 17.2. The lowest BCUT2D eigenvalue weighted by Crippen LogP contribution is -2.09. The number of alkyl halides is 3. The van der Waals surface area contributed by atoms with Gasteiger partial charge in [-0.25, -0.2) is 0 Å². The molecule has 24 heavy (non-hydrogen) atoms. The Morgan fingerprint density at radius 2 is 2.00 bits per heavy atom. The first-order valence-corrected chi connectivity index (χ1v) is 9.06. The number of halogens is 4. The zero-order chi connectivity index (χ0) is 17.5. The van der Waals surface area contributed by atoms with Gasteiger partial charge >= 0.3 is 6.18 Å². The van der Waals surface area contributed by atoms with E-state index < -0.39 is 22.6 Å². The molecule has 2 aromatic rings. The molecule has 7 heteroatoms. The molecule has 1 aliphatic heterocycles. The van der Waals surface area contributed by atoms with Crippen LogP contribution in [0.5, 0.6) is 0 Å². The number of rotatable bonds is 3. The van der Waals surface area contributed by atoms with E-state index in [9.17, 15) is 13.2 Å². The second-order valence-corrected chi connectivity index (χ2v) is 8.03. The van der Waals surface area contributed by atoms with Gasteiger partial charge in [-0.2, -0.15) is 29.1 Å². The Labute approximate surface area is 145 Å². The molecule has 0 saturated carbocycles. The lowest BCUT2D eigenvalue weighted by Gasteiger charge is -2.25. The number of nitrogens with zero attached hydrogens (tertiary/aromatic N) is 1. The molecule has 0 fully saturated rings. The molecule has 0 saturated heterocycles. The van der Waals surface area contributed by atoms with Gasteiger partial charge in [0.25, 0.3) is 5.35 Å². The van der Waals surface area contributed by atoms with Crippen LogP contribution in [0.3, 0.4) is 0 Å². The van der Waals surface area contributed by atoms with Gasteiger partial charge in [-0.3, -0.25) is 0 Å². The summed E-state index contributed by atoms with van der Waals surface area (Å²) in [6.45, 7) is 3.99. The van der Waals surface area contributed by atoms with Crippen LogP contribution in [0.1, 0.15) is 19.4 Å². The van der Waals surface area contributed by atoms with Gasteiger partial charge in [0.15, 0.2) is 0 Å². The molecule has 0 amide bonds. The van der Waals surface area contributed by atoms with Crippen molar-refractivity contribution in [2.75, 3.05) is 0 Å². The summed E-state index contributed by atoms with van der Waals surface area (Å²) >= 11 is 5.62. The van der Waals surface area contributed by atoms with E-state index in [2.05, 4.69) is 4.98 Å². The Kier molecular flexibility index (Phi) is 4.53. The summed E-state index contributed by atoms with van der Waals surface area (Å²) < 4.78 is 45.8. The van der Waals surface area contributed by atoms with Crippen LogP contribution >= 0.6 is 22.5 Å². The van der Waals surface area contributed by atoms with Crippen LogP contribution in [-0.4, -0.2) is 4.98 Å². The number of allylic oxidation sites excluding steroid dienone is 3. The predicted molar refractivity (Wildman–Crippen MR) is 91.3 cm³/mol. The molecular formula is C17H15ClF3NOS. The summed E-state index contributed by atoms with van der Waals surface area (Å²) in [6, 6.07) is 4.29. The first-order chi connectivity index (χ1) is 11.3. The Balaban J connectivity index is 2.10. The lowest BCUT2D eigenvalue weighted by molar-refractivity contribution is -0.139. The average Bonchev–Trinajstić information content (AvgIpc) is 3.14. The van der Waals surface area contributed by atoms with Crippen LogP contribution in [0.15, 0.2) is 56.2 Å². The van der Waals surface area contributed by atoms with Crippen LogP contribution in [0.25, 0.3) is 11.3 Å². The van der Waals surface area contributed by atoms with Gasteiger partial charge in [0, 0.05) is 10.5 Å². The smallest absolute Gasteiger partial charge is 0.417 e. The largest absolute Gasteiger partial charge is 0.436 e. The van der Waals surface area contributed by atoms with Crippen molar-refractivity contribution in [3.05, 3.63) is 57.8 Å². The van der Waals surface area contributed by atoms with Gasteiger partial charge in [-0.1, -0.05) is 32.1 Å². The van der Waals surface area contributed by atoms with E-state index in [0.717, 1.165) is 11.0 Å². The Morgan fingerprint density at radius 3 is 2.58 bits per heavy atom. The standard InChI is InChI=1S/C17H15ClF3NOS/c1-10(2)14-4-3-7-24(14)15-6-5-11(8-12(15)17(19,20)21)13-9-23-16(18)22-13/h3-10,24H,1-2H3. The summed E-state index contributed by atoms with van der Waals surface area (Å²) in [5, 5.41) is 1.76. The van der Waals surface area contributed by atoms with Crippen molar-refractivity contribution in [3.8, 4) is 11.3 Å². The van der Waals surface area contributed by atoms with E-state index in [4.69, 9.17) is 16.0 Å². The van der Waals surface area contributed by atoms with Crippen LogP contribution in [0.4, 0.5) is 13.2 Å². The van der Waals surface area contributed by atoms with Gasteiger partial charge in [0.1, 0.15) is 12.0 Å². The molecule has 1 aromatic carbocycles. The first-order valence-electron chi connectivity index (χ1n) is 7.27. The van der Waals surface area contributed by atoms with Crippen LogP contribution < -0.4 is 0 Å². The third-order valence-corrected chi connectivity index (χ3v) is 6.48. The monoisotopic (exact) mass is 373 g/mol. The Hall–Kier alpha value is -1.66. The van der Waals surface area contributed by atoms with Crippen molar-refractivity contribution in [2.24, 2.45) is 5.92 Å². The molecule has 0 radical (unpaired) electrons. The Bertz CT molecular complexity index is 823. The van der Waals surface area contributed by atoms with E-state index in [1.165, 1.54) is 6.26 Å². The maximum absolute atomic E-state index is 13.6. The van der Waals surface area contributed by atoms with Gasteiger partial charge in [0.2, 0.25) is 0 Å². The molecule has 0 N–H and O–H groups in total. The van der Waals surface area contributed by atoms with E-state index in [-0.39, 0.29) is 17.0 Å². The quantitative estimate of drug-likeness (QED) is 0.626. The normalized spacial score (nSPS) is 19.1. The molecule has 2 nitrogen and oxygen atoms in total.